The highest BCUT2D eigenvalue weighted by molar-refractivity contribution is 5.80. The lowest BCUT2D eigenvalue weighted by Crippen LogP contribution is -2.48. The molecule has 0 N–H and O–H groups in total. The van der Waals surface area contributed by atoms with Crippen LogP contribution >= 0.6 is 0 Å². The Balaban J connectivity index is 2.62. The maximum atomic E-state index is 11.1. The van der Waals surface area contributed by atoms with E-state index in [1.54, 1.807) is 0 Å². The Morgan fingerprint density at radius 2 is 2.11 bits per heavy atom. The molecule has 2 rings (SSSR count). The second-order valence-corrected chi connectivity index (χ2v) is 6.05. The van der Waals surface area contributed by atoms with E-state index >= 15 is 0 Å². The predicted octanol–water partition coefficient (Wildman–Crippen LogP) is 3.92. The fraction of sp³-hybridized carbons (Fsp3) is 0.562. The molecular formula is C16H23NO. The molecular weight excluding hydrogens is 222 g/mol. The first-order chi connectivity index (χ1) is 8.40. The summed E-state index contributed by atoms with van der Waals surface area (Å²) in [5.41, 5.74) is 4.73. The van der Waals surface area contributed by atoms with Crippen LogP contribution in [0.2, 0.25) is 0 Å². The minimum absolute atomic E-state index is 0.191. The van der Waals surface area contributed by atoms with E-state index in [1.165, 1.54) is 11.3 Å². The van der Waals surface area contributed by atoms with Gasteiger partial charge < -0.3 is 4.90 Å². The normalized spacial score (nSPS) is 21.6. The van der Waals surface area contributed by atoms with Gasteiger partial charge in [-0.15, -0.1) is 0 Å². The lowest BCUT2D eigenvalue weighted by Gasteiger charge is -2.47. The molecule has 1 unspecified atom stereocenters. The van der Waals surface area contributed by atoms with Crippen molar-refractivity contribution in [2.45, 2.75) is 52.5 Å². The van der Waals surface area contributed by atoms with Crippen LogP contribution in [0.4, 0.5) is 5.69 Å². The molecule has 1 aromatic carbocycles. The Morgan fingerprint density at radius 3 is 2.67 bits per heavy atom. The van der Waals surface area contributed by atoms with Gasteiger partial charge in [0.1, 0.15) is 6.29 Å². The molecule has 1 heterocycles. The number of benzene rings is 1. The van der Waals surface area contributed by atoms with Crippen LogP contribution in [0.15, 0.2) is 12.1 Å². The van der Waals surface area contributed by atoms with Crippen LogP contribution in [-0.2, 0) is 0 Å². The number of fused-ring (bicyclic) bond motifs is 1. The number of nitrogens with zero attached hydrogens (tertiary/aromatic N) is 1. The van der Waals surface area contributed by atoms with Gasteiger partial charge in [-0.05, 0) is 63.3 Å². The molecule has 1 aliphatic heterocycles. The first kappa shape index (κ1) is 13.1. The molecule has 98 valence electrons. The minimum atomic E-state index is 0.191. The molecule has 18 heavy (non-hydrogen) atoms. The third-order valence-corrected chi connectivity index (χ3v) is 4.22. The van der Waals surface area contributed by atoms with Crippen LogP contribution < -0.4 is 4.90 Å². The summed E-state index contributed by atoms with van der Waals surface area (Å²) in [7, 11) is 0. The standard InChI is InChI=1S/C16H23NO/c1-6-17-15-7-11(2)13(10-18)8-14(15)12(3)9-16(17,4)5/h7-8,10,12H,6,9H2,1-5H3. The zero-order valence-corrected chi connectivity index (χ0v) is 12.1. The highest BCUT2D eigenvalue weighted by atomic mass is 16.1. The van der Waals surface area contributed by atoms with E-state index in [4.69, 9.17) is 0 Å². The molecule has 0 radical (unpaired) electrons. The average molecular weight is 245 g/mol. The molecule has 0 amide bonds. The van der Waals surface area contributed by atoms with E-state index in [1.807, 2.05) is 6.92 Å². The van der Waals surface area contributed by atoms with Crippen molar-refractivity contribution in [1.29, 1.82) is 0 Å². The van der Waals surface area contributed by atoms with Gasteiger partial charge in [-0.1, -0.05) is 6.92 Å². The largest absolute Gasteiger partial charge is 0.366 e. The van der Waals surface area contributed by atoms with Crippen molar-refractivity contribution < 1.29 is 4.79 Å². The zero-order chi connectivity index (χ0) is 13.5. The van der Waals surface area contributed by atoms with Gasteiger partial charge in [0, 0.05) is 23.3 Å². The number of hydrogen-bond acceptors (Lipinski definition) is 2. The van der Waals surface area contributed by atoms with Crippen molar-refractivity contribution in [2.75, 3.05) is 11.4 Å². The fourth-order valence-corrected chi connectivity index (χ4v) is 3.38. The Kier molecular flexibility index (Phi) is 3.22. The van der Waals surface area contributed by atoms with Crippen molar-refractivity contribution in [3.05, 3.63) is 28.8 Å². The molecule has 1 atom stereocenters. The van der Waals surface area contributed by atoms with Gasteiger partial charge in [-0.2, -0.15) is 0 Å². The lowest BCUT2D eigenvalue weighted by molar-refractivity contribution is 0.112. The summed E-state index contributed by atoms with van der Waals surface area (Å²) in [6.45, 7) is 12.1. The summed E-state index contributed by atoms with van der Waals surface area (Å²) in [6.07, 6.45) is 2.10. The number of anilines is 1. The van der Waals surface area contributed by atoms with Crippen LogP contribution in [0, 0.1) is 6.92 Å². The number of carbonyl (C=O) groups excluding carboxylic acids is 1. The van der Waals surface area contributed by atoms with E-state index < -0.39 is 0 Å². The monoisotopic (exact) mass is 245 g/mol. The fourth-order valence-electron chi connectivity index (χ4n) is 3.38. The van der Waals surface area contributed by atoms with Gasteiger partial charge in [0.2, 0.25) is 0 Å². The number of aryl methyl sites for hydroxylation is 1. The van der Waals surface area contributed by atoms with Gasteiger partial charge in [0.25, 0.3) is 0 Å². The van der Waals surface area contributed by atoms with Crippen molar-refractivity contribution >= 4 is 12.0 Å². The molecule has 0 aromatic heterocycles. The maximum Gasteiger partial charge on any atom is 0.150 e. The van der Waals surface area contributed by atoms with E-state index in [0.29, 0.717) is 5.92 Å². The second kappa shape index (κ2) is 4.42. The number of aldehydes is 1. The molecule has 2 nitrogen and oxygen atoms in total. The first-order valence-electron chi connectivity index (χ1n) is 6.78. The molecule has 0 aliphatic carbocycles. The van der Waals surface area contributed by atoms with Crippen molar-refractivity contribution in [2.24, 2.45) is 0 Å². The van der Waals surface area contributed by atoms with E-state index in [0.717, 1.165) is 30.4 Å². The highest BCUT2D eigenvalue weighted by Gasteiger charge is 2.35. The van der Waals surface area contributed by atoms with Crippen molar-refractivity contribution in [3.8, 4) is 0 Å². The molecule has 0 fully saturated rings. The second-order valence-electron chi connectivity index (χ2n) is 6.05. The van der Waals surface area contributed by atoms with E-state index in [9.17, 15) is 4.79 Å². The van der Waals surface area contributed by atoms with Crippen LogP contribution in [0.1, 0.15) is 61.5 Å². The van der Waals surface area contributed by atoms with Gasteiger partial charge in [0.15, 0.2) is 0 Å². The van der Waals surface area contributed by atoms with Crippen LogP contribution in [-0.4, -0.2) is 18.4 Å². The Bertz CT molecular complexity index is 476. The molecule has 0 saturated heterocycles. The van der Waals surface area contributed by atoms with Crippen LogP contribution in [0.5, 0.6) is 0 Å². The maximum absolute atomic E-state index is 11.1. The summed E-state index contributed by atoms with van der Waals surface area (Å²) in [4.78, 5) is 13.5. The van der Waals surface area contributed by atoms with Gasteiger partial charge in [-0.25, -0.2) is 0 Å². The minimum Gasteiger partial charge on any atom is -0.366 e. The Morgan fingerprint density at radius 1 is 1.44 bits per heavy atom. The zero-order valence-electron chi connectivity index (χ0n) is 12.1. The molecule has 0 bridgehead atoms. The van der Waals surface area contributed by atoms with Crippen molar-refractivity contribution in [1.82, 2.24) is 0 Å². The van der Waals surface area contributed by atoms with Gasteiger partial charge in [-0.3, -0.25) is 4.79 Å². The van der Waals surface area contributed by atoms with Gasteiger partial charge >= 0.3 is 0 Å². The lowest BCUT2D eigenvalue weighted by atomic mass is 9.79. The van der Waals surface area contributed by atoms with E-state index in [2.05, 4.69) is 44.7 Å². The summed E-state index contributed by atoms with van der Waals surface area (Å²) in [5, 5.41) is 0. The Hall–Kier alpha value is -1.31. The Labute approximate surface area is 110 Å². The molecule has 1 aromatic rings. The van der Waals surface area contributed by atoms with Gasteiger partial charge in [0.05, 0.1) is 0 Å². The molecule has 0 saturated carbocycles. The quantitative estimate of drug-likeness (QED) is 0.736. The molecule has 1 aliphatic rings. The van der Waals surface area contributed by atoms with Crippen LogP contribution in [0.25, 0.3) is 0 Å². The molecule has 2 heteroatoms. The SMILES string of the molecule is CCN1c2cc(C)c(C=O)cc2C(C)CC1(C)C. The summed E-state index contributed by atoms with van der Waals surface area (Å²) in [5.74, 6) is 0.511. The van der Waals surface area contributed by atoms with Crippen LogP contribution in [0.3, 0.4) is 0 Å². The predicted molar refractivity (Wildman–Crippen MR) is 76.7 cm³/mol. The third-order valence-electron chi connectivity index (χ3n) is 4.22. The third kappa shape index (κ3) is 1.94. The topological polar surface area (TPSA) is 20.3 Å². The van der Waals surface area contributed by atoms with E-state index in [-0.39, 0.29) is 5.54 Å². The highest BCUT2D eigenvalue weighted by Crippen LogP contribution is 2.43. The molecule has 0 spiro atoms. The number of carbonyl (C=O) groups is 1. The number of rotatable bonds is 2. The average Bonchev–Trinajstić information content (AvgIpc) is 2.27. The summed E-state index contributed by atoms with van der Waals surface area (Å²) in [6, 6.07) is 4.26. The summed E-state index contributed by atoms with van der Waals surface area (Å²) >= 11 is 0. The number of hydrogen-bond donors (Lipinski definition) is 0. The first-order valence-corrected chi connectivity index (χ1v) is 6.78. The summed E-state index contributed by atoms with van der Waals surface area (Å²) < 4.78 is 0. The smallest absolute Gasteiger partial charge is 0.150 e. The van der Waals surface area contributed by atoms with Crippen molar-refractivity contribution in [3.63, 3.8) is 0 Å².